The van der Waals surface area contributed by atoms with Crippen LogP contribution in [0.3, 0.4) is 0 Å². The van der Waals surface area contributed by atoms with Crippen molar-refractivity contribution in [2.24, 2.45) is 28.6 Å². The molecule has 3 nitrogen and oxygen atoms in total. The molecule has 0 unspecified atom stereocenters. The molecule has 0 aromatic rings. The van der Waals surface area contributed by atoms with E-state index in [1.807, 2.05) is 0 Å². The molecule has 3 heteroatoms. The van der Waals surface area contributed by atoms with Crippen LogP contribution in [0.2, 0.25) is 0 Å². The van der Waals surface area contributed by atoms with Crippen molar-refractivity contribution in [3.8, 4) is 0 Å². The summed E-state index contributed by atoms with van der Waals surface area (Å²) in [5, 5.41) is 0. The Bertz CT molecular complexity index is 499. The highest BCUT2D eigenvalue weighted by atomic mass is 16.5. The SMILES string of the molecule is C[C@]12CCC[C@@H]3[C@@H]1[C@H](C[C@]1(C)C(=O)CC[C@@H]31)OC(=O)CC2. The van der Waals surface area contributed by atoms with Gasteiger partial charge in [0.2, 0.25) is 0 Å². The van der Waals surface area contributed by atoms with Gasteiger partial charge in [-0.1, -0.05) is 20.3 Å². The number of carbonyl (C=O) groups is 2. The minimum Gasteiger partial charge on any atom is -0.462 e. The third-order valence-corrected chi connectivity index (χ3v) is 7.41. The predicted molar refractivity (Wildman–Crippen MR) is 78.5 cm³/mol. The van der Waals surface area contributed by atoms with E-state index in [4.69, 9.17) is 4.74 Å². The van der Waals surface area contributed by atoms with Crippen molar-refractivity contribution in [1.29, 1.82) is 0 Å². The van der Waals surface area contributed by atoms with Crippen LogP contribution in [0.15, 0.2) is 0 Å². The maximum Gasteiger partial charge on any atom is 0.306 e. The number of rotatable bonds is 0. The first-order chi connectivity index (χ1) is 9.94. The first-order valence-corrected chi connectivity index (χ1v) is 8.67. The molecule has 6 atom stereocenters. The maximum atomic E-state index is 12.5. The van der Waals surface area contributed by atoms with Gasteiger partial charge in [-0.3, -0.25) is 9.59 Å². The van der Waals surface area contributed by atoms with E-state index in [1.54, 1.807) is 0 Å². The molecule has 1 saturated heterocycles. The number of ether oxygens (including phenoxy) is 1. The van der Waals surface area contributed by atoms with Gasteiger partial charge in [-0.25, -0.2) is 0 Å². The quantitative estimate of drug-likeness (QED) is 0.641. The molecule has 4 fully saturated rings. The Labute approximate surface area is 126 Å². The lowest BCUT2D eigenvalue weighted by Crippen LogP contribution is -2.55. The Balaban J connectivity index is 1.78. The third kappa shape index (κ3) is 1.78. The predicted octanol–water partition coefficient (Wildman–Crippen LogP) is 3.50. The minimum absolute atomic E-state index is 0.0152. The third-order valence-electron chi connectivity index (χ3n) is 7.41. The summed E-state index contributed by atoms with van der Waals surface area (Å²) in [6.07, 6.45) is 7.79. The van der Waals surface area contributed by atoms with Gasteiger partial charge < -0.3 is 4.74 Å². The van der Waals surface area contributed by atoms with Crippen LogP contribution in [-0.2, 0) is 14.3 Å². The van der Waals surface area contributed by atoms with Gasteiger partial charge in [0.1, 0.15) is 11.9 Å². The summed E-state index contributed by atoms with van der Waals surface area (Å²) in [4.78, 5) is 24.5. The first kappa shape index (κ1) is 13.8. The van der Waals surface area contributed by atoms with E-state index in [2.05, 4.69) is 13.8 Å². The Morgan fingerprint density at radius 2 is 1.90 bits per heavy atom. The molecule has 0 spiro atoms. The molecule has 0 radical (unpaired) electrons. The van der Waals surface area contributed by atoms with Crippen molar-refractivity contribution in [2.75, 3.05) is 0 Å². The van der Waals surface area contributed by atoms with Crippen molar-refractivity contribution in [3.05, 3.63) is 0 Å². The lowest BCUT2D eigenvalue weighted by Gasteiger charge is -2.56. The standard InChI is InChI=1S/C18H26O3/c1-17-8-3-4-11-12-5-6-14(19)18(12,2)10-13(16(11)17)21-15(20)7-9-17/h11-13,16H,3-10H2,1-2H3/t11-,12-,13-,16+,17+,18-/m0/s1. The summed E-state index contributed by atoms with van der Waals surface area (Å²) in [6, 6.07) is 0. The van der Waals surface area contributed by atoms with Crippen LogP contribution >= 0.6 is 0 Å². The highest BCUT2D eigenvalue weighted by Crippen LogP contribution is 2.63. The van der Waals surface area contributed by atoms with E-state index in [9.17, 15) is 9.59 Å². The average molecular weight is 290 g/mol. The second-order valence-corrected chi connectivity index (χ2v) is 8.45. The molecule has 116 valence electrons. The number of hydrogen-bond donors (Lipinski definition) is 0. The number of ketones is 1. The van der Waals surface area contributed by atoms with Gasteiger partial charge in [-0.15, -0.1) is 0 Å². The van der Waals surface area contributed by atoms with Crippen LogP contribution in [0.5, 0.6) is 0 Å². The number of Topliss-reactive ketones (excluding diaryl/α,β-unsaturated/α-hetero) is 1. The molecular formula is C18H26O3. The molecule has 0 aromatic carbocycles. The molecule has 0 bridgehead atoms. The van der Waals surface area contributed by atoms with Crippen LogP contribution < -0.4 is 0 Å². The van der Waals surface area contributed by atoms with Crippen LogP contribution in [0, 0.1) is 28.6 Å². The summed E-state index contributed by atoms with van der Waals surface area (Å²) in [5.74, 6) is 1.98. The van der Waals surface area contributed by atoms with Crippen molar-refractivity contribution >= 4 is 11.8 Å². The molecular weight excluding hydrogens is 264 g/mol. The van der Waals surface area contributed by atoms with E-state index in [0.29, 0.717) is 30.0 Å². The summed E-state index contributed by atoms with van der Waals surface area (Å²) in [5.41, 5.74) is 0.0153. The Morgan fingerprint density at radius 1 is 1.10 bits per heavy atom. The lowest BCUT2D eigenvalue weighted by molar-refractivity contribution is -0.171. The van der Waals surface area contributed by atoms with Gasteiger partial charge in [0.15, 0.2) is 0 Å². The highest BCUT2D eigenvalue weighted by Gasteiger charge is 2.62. The van der Waals surface area contributed by atoms with Crippen LogP contribution in [0.1, 0.15) is 65.2 Å². The lowest BCUT2D eigenvalue weighted by atomic mass is 9.49. The van der Waals surface area contributed by atoms with E-state index >= 15 is 0 Å². The monoisotopic (exact) mass is 290 g/mol. The number of esters is 1. The molecule has 1 heterocycles. The molecule has 0 N–H and O–H groups in total. The van der Waals surface area contributed by atoms with Crippen LogP contribution in [0.4, 0.5) is 0 Å². The first-order valence-electron chi connectivity index (χ1n) is 8.67. The van der Waals surface area contributed by atoms with Gasteiger partial charge in [0.25, 0.3) is 0 Å². The zero-order valence-electron chi connectivity index (χ0n) is 13.2. The molecule has 21 heavy (non-hydrogen) atoms. The normalized spacial score (nSPS) is 52.7. The summed E-state index contributed by atoms with van der Waals surface area (Å²) in [7, 11) is 0. The largest absolute Gasteiger partial charge is 0.462 e. The van der Waals surface area contributed by atoms with Gasteiger partial charge in [-0.05, 0) is 49.4 Å². The van der Waals surface area contributed by atoms with Crippen molar-refractivity contribution in [1.82, 2.24) is 0 Å². The van der Waals surface area contributed by atoms with Crippen molar-refractivity contribution in [3.63, 3.8) is 0 Å². The molecule has 4 rings (SSSR count). The maximum absolute atomic E-state index is 12.5. The Hall–Kier alpha value is -0.860. The van der Waals surface area contributed by atoms with E-state index in [1.165, 1.54) is 19.3 Å². The minimum atomic E-state index is -0.227. The second kappa shape index (κ2) is 4.33. The van der Waals surface area contributed by atoms with Gasteiger partial charge >= 0.3 is 5.97 Å². The van der Waals surface area contributed by atoms with E-state index in [-0.39, 0.29) is 22.9 Å². The average Bonchev–Trinajstić information content (AvgIpc) is 2.65. The second-order valence-electron chi connectivity index (χ2n) is 8.45. The van der Waals surface area contributed by atoms with Gasteiger partial charge in [-0.2, -0.15) is 0 Å². The Morgan fingerprint density at radius 3 is 2.71 bits per heavy atom. The number of hydrogen-bond acceptors (Lipinski definition) is 3. The molecule has 1 aliphatic heterocycles. The Kier molecular flexibility index (Phi) is 2.84. The fraction of sp³-hybridized carbons (Fsp3) is 0.889. The summed E-state index contributed by atoms with van der Waals surface area (Å²) < 4.78 is 5.85. The highest BCUT2D eigenvalue weighted by molar-refractivity contribution is 5.87. The van der Waals surface area contributed by atoms with E-state index in [0.717, 1.165) is 25.7 Å². The fourth-order valence-electron chi connectivity index (χ4n) is 6.40. The molecule has 4 aliphatic rings. The molecule has 3 aliphatic carbocycles. The van der Waals surface area contributed by atoms with E-state index < -0.39 is 0 Å². The topological polar surface area (TPSA) is 43.4 Å². The number of carbonyl (C=O) groups excluding carboxylic acids is 2. The zero-order chi connectivity index (χ0) is 14.8. The molecule has 0 amide bonds. The van der Waals surface area contributed by atoms with Crippen LogP contribution in [-0.4, -0.2) is 17.9 Å². The molecule has 0 aromatic heterocycles. The summed E-state index contributed by atoms with van der Waals surface area (Å²) >= 11 is 0. The zero-order valence-corrected chi connectivity index (χ0v) is 13.2. The van der Waals surface area contributed by atoms with Crippen molar-refractivity contribution < 1.29 is 14.3 Å². The van der Waals surface area contributed by atoms with Gasteiger partial charge in [0, 0.05) is 24.2 Å². The fourth-order valence-corrected chi connectivity index (χ4v) is 6.40. The van der Waals surface area contributed by atoms with Crippen molar-refractivity contribution in [2.45, 2.75) is 71.3 Å². The number of fused-ring (bicyclic) bond motifs is 2. The summed E-state index contributed by atoms with van der Waals surface area (Å²) in [6.45, 7) is 4.52. The van der Waals surface area contributed by atoms with Gasteiger partial charge in [0.05, 0.1) is 0 Å². The smallest absolute Gasteiger partial charge is 0.306 e. The molecule has 3 saturated carbocycles. The van der Waals surface area contributed by atoms with Crippen LogP contribution in [0.25, 0.3) is 0 Å².